The van der Waals surface area contributed by atoms with E-state index in [4.69, 9.17) is 9.47 Å². The Labute approximate surface area is 137 Å². The minimum Gasteiger partial charge on any atom is -0.352 e. The first kappa shape index (κ1) is 16.6. The molecule has 2 heterocycles. The van der Waals surface area contributed by atoms with Crippen LogP contribution in [0.1, 0.15) is 58.4 Å². The molecular formula is C17H27N3O3. The Morgan fingerprint density at radius 3 is 2.61 bits per heavy atom. The van der Waals surface area contributed by atoms with Crippen molar-refractivity contribution < 1.29 is 14.3 Å². The lowest BCUT2D eigenvalue weighted by Crippen LogP contribution is -2.47. The first-order valence-corrected chi connectivity index (χ1v) is 8.70. The maximum atomic E-state index is 13.3. The first-order chi connectivity index (χ1) is 11.1. The van der Waals surface area contributed by atoms with Gasteiger partial charge in [0.1, 0.15) is 18.7 Å². The van der Waals surface area contributed by atoms with Crippen LogP contribution in [0.25, 0.3) is 0 Å². The Hall–Kier alpha value is -1.27. The zero-order chi connectivity index (χ0) is 16.3. The van der Waals surface area contributed by atoms with Gasteiger partial charge in [0.2, 0.25) is 0 Å². The van der Waals surface area contributed by atoms with Crippen LogP contribution in [0.15, 0.2) is 12.7 Å². The van der Waals surface area contributed by atoms with Gasteiger partial charge < -0.3 is 9.47 Å². The topological polar surface area (TPSA) is 66.2 Å². The van der Waals surface area contributed by atoms with Gasteiger partial charge in [0.05, 0.1) is 18.6 Å². The Bertz CT molecular complexity index is 503. The van der Waals surface area contributed by atoms with Crippen molar-refractivity contribution in [1.29, 1.82) is 0 Å². The van der Waals surface area contributed by atoms with Crippen molar-refractivity contribution in [3.8, 4) is 0 Å². The van der Waals surface area contributed by atoms with Gasteiger partial charge >= 0.3 is 0 Å². The number of carbonyl (C=O) groups is 1. The standard InChI is InChI=1S/C17H27N3O3/c1-13-22-9-17(2,10-23-13)16(21)15(20-12-18-11-19-20)8-14-6-4-3-5-7-14/h11-15H,3-10H2,1-2H3. The minimum atomic E-state index is -0.613. The minimum absolute atomic E-state index is 0.153. The number of Topliss-reactive ketones (excluding diaryl/α,β-unsaturated/α-hetero) is 1. The van der Waals surface area contributed by atoms with Gasteiger partial charge in [0, 0.05) is 0 Å². The quantitative estimate of drug-likeness (QED) is 0.834. The summed E-state index contributed by atoms with van der Waals surface area (Å²) in [6.07, 6.45) is 10.0. The molecule has 3 rings (SSSR count). The Morgan fingerprint density at radius 2 is 2.00 bits per heavy atom. The average Bonchev–Trinajstić information content (AvgIpc) is 3.10. The molecule has 1 unspecified atom stereocenters. The molecule has 0 N–H and O–H groups in total. The molecule has 1 saturated heterocycles. The number of aromatic nitrogens is 3. The molecule has 6 heteroatoms. The fourth-order valence-electron chi connectivity index (χ4n) is 3.69. The van der Waals surface area contributed by atoms with Gasteiger partial charge in [-0.1, -0.05) is 32.1 Å². The van der Waals surface area contributed by atoms with Crippen LogP contribution in [-0.2, 0) is 14.3 Å². The van der Waals surface area contributed by atoms with Gasteiger partial charge in [-0.2, -0.15) is 5.10 Å². The molecule has 0 spiro atoms. The SMILES string of the molecule is CC1OCC(C)(C(=O)C(CC2CCCCC2)n2cncn2)CO1. The molecule has 23 heavy (non-hydrogen) atoms. The maximum Gasteiger partial charge on any atom is 0.167 e. The Balaban J connectivity index is 1.75. The lowest BCUT2D eigenvalue weighted by Gasteiger charge is -2.38. The van der Waals surface area contributed by atoms with Gasteiger partial charge in [-0.05, 0) is 26.2 Å². The monoisotopic (exact) mass is 321 g/mol. The summed E-state index contributed by atoms with van der Waals surface area (Å²) >= 11 is 0. The number of rotatable bonds is 5. The van der Waals surface area contributed by atoms with E-state index >= 15 is 0 Å². The number of hydrogen-bond donors (Lipinski definition) is 0. The van der Waals surface area contributed by atoms with Crippen molar-refractivity contribution in [3.05, 3.63) is 12.7 Å². The zero-order valence-corrected chi connectivity index (χ0v) is 14.1. The fourth-order valence-corrected chi connectivity index (χ4v) is 3.69. The van der Waals surface area contributed by atoms with Gasteiger partial charge in [0.15, 0.2) is 12.1 Å². The highest BCUT2D eigenvalue weighted by atomic mass is 16.7. The van der Waals surface area contributed by atoms with E-state index in [2.05, 4.69) is 10.1 Å². The second-order valence-corrected chi connectivity index (χ2v) is 7.25. The summed E-state index contributed by atoms with van der Waals surface area (Å²) < 4.78 is 12.9. The molecule has 1 aromatic heterocycles. The lowest BCUT2D eigenvalue weighted by molar-refractivity contribution is -0.216. The third kappa shape index (κ3) is 3.80. The number of nitrogens with zero attached hydrogens (tertiary/aromatic N) is 3. The van der Waals surface area contributed by atoms with E-state index in [9.17, 15) is 4.79 Å². The number of ketones is 1. The van der Waals surface area contributed by atoms with Gasteiger partial charge in [-0.15, -0.1) is 0 Å². The summed E-state index contributed by atoms with van der Waals surface area (Å²) in [5.74, 6) is 0.746. The largest absolute Gasteiger partial charge is 0.352 e. The van der Waals surface area contributed by atoms with Crippen molar-refractivity contribution >= 4 is 5.78 Å². The average molecular weight is 321 g/mol. The molecule has 0 radical (unpaired) electrons. The van der Waals surface area contributed by atoms with Crippen LogP contribution >= 0.6 is 0 Å². The normalized spacial score (nSPS) is 31.0. The first-order valence-electron chi connectivity index (χ1n) is 8.70. The summed E-state index contributed by atoms with van der Waals surface area (Å²) in [5, 5.41) is 4.25. The van der Waals surface area contributed by atoms with Gasteiger partial charge in [0.25, 0.3) is 0 Å². The molecule has 0 amide bonds. The predicted octanol–water partition coefficient (Wildman–Crippen LogP) is 2.76. The molecule has 1 aliphatic carbocycles. The van der Waals surface area contributed by atoms with Crippen molar-refractivity contribution in [2.75, 3.05) is 13.2 Å². The molecule has 0 aromatic carbocycles. The van der Waals surface area contributed by atoms with E-state index < -0.39 is 5.41 Å². The molecule has 1 aromatic rings. The van der Waals surface area contributed by atoms with Crippen LogP contribution in [0.5, 0.6) is 0 Å². The lowest BCUT2D eigenvalue weighted by atomic mass is 9.77. The second-order valence-electron chi connectivity index (χ2n) is 7.25. The van der Waals surface area contributed by atoms with Gasteiger partial charge in [-0.3, -0.25) is 4.79 Å². The molecular weight excluding hydrogens is 294 g/mol. The van der Waals surface area contributed by atoms with E-state index in [0.717, 1.165) is 6.42 Å². The molecule has 128 valence electrons. The predicted molar refractivity (Wildman–Crippen MR) is 84.7 cm³/mol. The van der Waals surface area contributed by atoms with Crippen LogP contribution < -0.4 is 0 Å². The molecule has 6 nitrogen and oxygen atoms in total. The molecule has 2 aliphatic rings. The third-order valence-corrected chi connectivity index (χ3v) is 5.21. The van der Waals surface area contributed by atoms with Crippen LogP contribution in [0, 0.1) is 11.3 Å². The summed E-state index contributed by atoms with van der Waals surface area (Å²) in [7, 11) is 0. The van der Waals surface area contributed by atoms with Crippen molar-refractivity contribution in [2.45, 2.75) is 64.7 Å². The number of hydrogen-bond acceptors (Lipinski definition) is 5. The van der Waals surface area contributed by atoms with E-state index in [0.29, 0.717) is 19.1 Å². The third-order valence-electron chi connectivity index (χ3n) is 5.21. The van der Waals surface area contributed by atoms with Crippen molar-refractivity contribution in [3.63, 3.8) is 0 Å². The summed E-state index contributed by atoms with van der Waals surface area (Å²) in [4.78, 5) is 17.3. The van der Waals surface area contributed by atoms with Crippen LogP contribution in [-0.4, -0.2) is 40.1 Å². The molecule has 2 fully saturated rings. The Morgan fingerprint density at radius 1 is 1.30 bits per heavy atom. The maximum absolute atomic E-state index is 13.3. The summed E-state index contributed by atoms with van der Waals surface area (Å²) in [6.45, 7) is 4.61. The summed E-state index contributed by atoms with van der Waals surface area (Å²) in [5.41, 5.74) is -0.613. The summed E-state index contributed by atoms with van der Waals surface area (Å²) in [6, 6.07) is -0.272. The molecule has 1 aliphatic heterocycles. The van der Waals surface area contributed by atoms with Crippen LogP contribution in [0.2, 0.25) is 0 Å². The van der Waals surface area contributed by atoms with E-state index in [1.165, 1.54) is 38.4 Å². The highest BCUT2D eigenvalue weighted by molar-refractivity contribution is 5.88. The highest BCUT2D eigenvalue weighted by Crippen LogP contribution is 2.36. The smallest absolute Gasteiger partial charge is 0.167 e. The van der Waals surface area contributed by atoms with Crippen LogP contribution in [0.4, 0.5) is 0 Å². The number of ether oxygens (including phenoxy) is 2. The molecule has 1 atom stereocenters. The zero-order valence-electron chi connectivity index (χ0n) is 14.1. The Kier molecular flexibility index (Phi) is 5.11. The van der Waals surface area contributed by atoms with E-state index in [-0.39, 0.29) is 18.1 Å². The number of carbonyl (C=O) groups excluding carboxylic acids is 1. The highest BCUT2D eigenvalue weighted by Gasteiger charge is 2.43. The molecule has 0 bridgehead atoms. The second kappa shape index (κ2) is 7.09. The molecule has 1 saturated carbocycles. The van der Waals surface area contributed by atoms with E-state index in [1.807, 2.05) is 13.8 Å². The van der Waals surface area contributed by atoms with Crippen molar-refractivity contribution in [1.82, 2.24) is 14.8 Å². The van der Waals surface area contributed by atoms with Crippen LogP contribution in [0.3, 0.4) is 0 Å². The van der Waals surface area contributed by atoms with E-state index in [1.54, 1.807) is 11.0 Å². The fraction of sp³-hybridized carbons (Fsp3) is 0.824. The van der Waals surface area contributed by atoms with Gasteiger partial charge in [-0.25, -0.2) is 9.67 Å². The van der Waals surface area contributed by atoms with Crippen molar-refractivity contribution in [2.24, 2.45) is 11.3 Å².